The lowest BCUT2D eigenvalue weighted by Crippen LogP contribution is -2.51. The molecule has 3 rings (SSSR count). The Labute approximate surface area is 108 Å². The average Bonchev–Trinajstić information content (AvgIpc) is 2.35. The third kappa shape index (κ3) is 2.53. The van der Waals surface area contributed by atoms with Gasteiger partial charge < -0.3 is 10.6 Å². The van der Waals surface area contributed by atoms with Crippen LogP contribution in [0, 0.1) is 11.6 Å². The smallest absolute Gasteiger partial charge is 0.148 e. The van der Waals surface area contributed by atoms with E-state index in [-0.39, 0.29) is 5.56 Å². The van der Waals surface area contributed by atoms with Crippen LogP contribution in [0.3, 0.4) is 0 Å². The molecule has 1 aromatic carbocycles. The molecule has 0 atom stereocenters. The Balaban J connectivity index is 1.81. The van der Waals surface area contributed by atoms with Crippen LogP contribution in [-0.2, 0) is 0 Å². The predicted octanol–water partition coefficient (Wildman–Crippen LogP) is 1.81. The van der Waals surface area contributed by atoms with Crippen LogP contribution >= 0.6 is 0 Å². The normalized spacial score (nSPS) is 15.1. The van der Waals surface area contributed by atoms with Crippen molar-refractivity contribution in [3.05, 3.63) is 42.0 Å². The van der Waals surface area contributed by atoms with Gasteiger partial charge in [0, 0.05) is 24.7 Å². The highest BCUT2D eigenvalue weighted by atomic mass is 19.1. The van der Waals surface area contributed by atoms with Crippen LogP contribution < -0.4 is 10.6 Å². The Morgan fingerprint density at radius 3 is 2.53 bits per heavy atom. The van der Waals surface area contributed by atoms with E-state index >= 15 is 0 Å². The van der Waals surface area contributed by atoms with Crippen molar-refractivity contribution in [3.8, 4) is 11.3 Å². The Morgan fingerprint density at radius 2 is 1.95 bits per heavy atom. The van der Waals surface area contributed by atoms with Crippen LogP contribution in [0.15, 0.2) is 30.3 Å². The maximum Gasteiger partial charge on any atom is 0.148 e. The van der Waals surface area contributed by atoms with E-state index in [1.54, 1.807) is 12.1 Å². The fourth-order valence-electron chi connectivity index (χ4n) is 1.85. The second-order valence-corrected chi connectivity index (χ2v) is 4.43. The molecule has 6 heteroatoms. The molecule has 1 saturated heterocycles. The van der Waals surface area contributed by atoms with E-state index < -0.39 is 11.6 Å². The zero-order valence-electron chi connectivity index (χ0n) is 10.0. The molecular formula is C13H12F2N4. The standard InChI is InChI=1S/C13H12F2N4/c14-8-1-2-10(11(15)5-8)12-3-4-13(19-18-12)17-9-6-16-7-9/h1-5,9,16H,6-7H2,(H,17,19). The van der Waals surface area contributed by atoms with Gasteiger partial charge in [0.1, 0.15) is 17.5 Å². The minimum atomic E-state index is -0.641. The average molecular weight is 262 g/mol. The number of anilines is 1. The van der Waals surface area contributed by atoms with Gasteiger partial charge in [-0.2, -0.15) is 0 Å². The number of hydrogen-bond acceptors (Lipinski definition) is 4. The molecule has 1 aliphatic heterocycles. The van der Waals surface area contributed by atoms with Crippen molar-refractivity contribution < 1.29 is 8.78 Å². The summed E-state index contributed by atoms with van der Waals surface area (Å²) in [7, 11) is 0. The van der Waals surface area contributed by atoms with Gasteiger partial charge in [0.25, 0.3) is 0 Å². The quantitative estimate of drug-likeness (QED) is 0.885. The molecule has 4 nitrogen and oxygen atoms in total. The summed E-state index contributed by atoms with van der Waals surface area (Å²) in [5.74, 6) is -0.596. The number of benzene rings is 1. The summed E-state index contributed by atoms with van der Waals surface area (Å²) in [6, 6.07) is 7.16. The van der Waals surface area contributed by atoms with Crippen LogP contribution in [0.4, 0.5) is 14.6 Å². The van der Waals surface area contributed by atoms with Crippen LogP contribution in [0.1, 0.15) is 0 Å². The molecule has 98 valence electrons. The van der Waals surface area contributed by atoms with E-state index in [1.165, 1.54) is 12.1 Å². The fraction of sp³-hybridized carbons (Fsp3) is 0.231. The van der Waals surface area contributed by atoms with E-state index in [9.17, 15) is 8.78 Å². The fourth-order valence-corrected chi connectivity index (χ4v) is 1.85. The van der Waals surface area contributed by atoms with Crippen LogP contribution in [0.5, 0.6) is 0 Å². The van der Waals surface area contributed by atoms with Crippen molar-refractivity contribution in [1.82, 2.24) is 15.5 Å². The third-order valence-corrected chi connectivity index (χ3v) is 3.01. The molecule has 1 aliphatic rings. The highest BCUT2D eigenvalue weighted by molar-refractivity contribution is 5.60. The number of nitrogens with one attached hydrogen (secondary N) is 2. The summed E-state index contributed by atoms with van der Waals surface area (Å²) in [5, 5.41) is 14.3. The van der Waals surface area contributed by atoms with Crippen LogP contribution in [0.2, 0.25) is 0 Å². The second-order valence-electron chi connectivity index (χ2n) is 4.43. The maximum absolute atomic E-state index is 13.6. The number of halogens is 2. The van der Waals surface area contributed by atoms with Crippen molar-refractivity contribution in [2.45, 2.75) is 6.04 Å². The topological polar surface area (TPSA) is 49.8 Å². The summed E-state index contributed by atoms with van der Waals surface area (Å²) in [6.45, 7) is 1.80. The zero-order chi connectivity index (χ0) is 13.2. The van der Waals surface area contributed by atoms with Crippen molar-refractivity contribution >= 4 is 5.82 Å². The minimum absolute atomic E-state index is 0.241. The minimum Gasteiger partial charge on any atom is -0.363 e. The first-order valence-corrected chi connectivity index (χ1v) is 5.99. The summed E-state index contributed by atoms with van der Waals surface area (Å²) in [6.07, 6.45) is 0. The first kappa shape index (κ1) is 12.0. The summed E-state index contributed by atoms with van der Waals surface area (Å²) >= 11 is 0. The molecule has 0 spiro atoms. The van der Waals surface area contributed by atoms with Gasteiger partial charge in [-0.25, -0.2) is 8.78 Å². The largest absolute Gasteiger partial charge is 0.363 e. The zero-order valence-corrected chi connectivity index (χ0v) is 10.0. The molecule has 0 aliphatic carbocycles. The van der Waals surface area contributed by atoms with Gasteiger partial charge >= 0.3 is 0 Å². The lowest BCUT2D eigenvalue weighted by molar-refractivity contribution is 0.470. The molecule has 0 radical (unpaired) electrons. The molecule has 1 fully saturated rings. The van der Waals surface area contributed by atoms with Crippen molar-refractivity contribution in [3.63, 3.8) is 0 Å². The van der Waals surface area contributed by atoms with Crippen LogP contribution in [-0.4, -0.2) is 29.3 Å². The Morgan fingerprint density at radius 1 is 1.11 bits per heavy atom. The van der Waals surface area contributed by atoms with Crippen molar-refractivity contribution in [2.24, 2.45) is 0 Å². The molecule has 0 amide bonds. The van der Waals surface area contributed by atoms with Gasteiger partial charge in [-0.05, 0) is 24.3 Å². The highest BCUT2D eigenvalue weighted by Crippen LogP contribution is 2.21. The number of aromatic nitrogens is 2. The second kappa shape index (κ2) is 4.89. The monoisotopic (exact) mass is 262 g/mol. The molecular weight excluding hydrogens is 250 g/mol. The molecule has 1 aromatic heterocycles. The lowest BCUT2D eigenvalue weighted by Gasteiger charge is -2.28. The highest BCUT2D eigenvalue weighted by Gasteiger charge is 2.16. The van der Waals surface area contributed by atoms with E-state index in [0.29, 0.717) is 17.6 Å². The first-order valence-electron chi connectivity index (χ1n) is 5.99. The lowest BCUT2D eigenvalue weighted by atomic mass is 10.1. The van der Waals surface area contributed by atoms with Crippen molar-refractivity contribution in [1.29, 1.82) is 0 Å². The summed E-state index contributed by atoms with van der Waals surface area (Å²) < 4.78 is 26.4. The Kier molecular flexibility index (Phi) is 3.08. The number of hydrogen-bond donors (Lipinski definition) is 2. The van der Waals surface area contributed by atoms with Gasteiger partial charge in [0.15, 0.2) is 0 Å². The van der Waals surface area contributed by atoms with Crippen molar-refractivity contribution in [2.75, 3.05) is 18.4 Å². The number of nitrogens with zero attached hydrogens (tertiary/aromatic N) is 2. The molecule has 19 heavy (non-hydrogen) atoms. The van der Waals surface area contributed by atoms with E-state index in [2.05, 4.69) is 20.8 Å². The molecule has 0 unspecified atom stereocenters. The molecule has 0 bridgehead atoms. The maximum atomic E-state index is 13.6. The van der Waals surface area contributed by atoms with Gasteiger partial charge in [0.05, 0.1) is 11.7 Å². The summed E-state index contributed by atoms with van der Waals surface area (Å²) in [5.41, 5.74) is 0.626. The molecule has 0 saturated carbocycles. The van der Waals surface area contributed by atoms with Gasteiger partial charge in [-0.3, -0.25) is 0 Å². The first-order chi connectivity index (χ1) is 9.22. The number of rotatable bonds is 3. The predicted molar refractivity (Wildman–Crippen MR) is 67.7 cm³/mol. The van der Waals surface area contributed by atoms with Gasteiger partial charge in [-0.1, -0.05) is 0 Å². The van der Waals surface area contributed by atoms with E-state index in [1.807, 2.05) is 0 Å². The molecule has 2 aromatic rings. The summed E-state index contributed by atoms with van der Waals surface area (Å²) in [4.78, 5) is 0. The van der Waals surface area contributed by atoms with E-state index in [0.717, 1.165) is 19.2 Å². The van der Waals surface area contributed by atoms with Gasteiger partial charge in [0.2, 0.25) is 0 Å². The molecule has 2 heterocycles. The molecule has 2 N–H and O–H groups in total. The van der Waals surface area contributed by atoms with Crippen LogP contribution in [0.25, 0.3) is 11.3 Å². The van der Waals surface area contributed by atoms with Gasteiger partial charge in [-0.15, -0.1) is 10.2 Å². The SMILES string of the molecule is Fc1ccc(-c2ccc(NC3CNC3)nn2)c(F)c1. The third-order valence-electron chi connectivity index (χ3n) is 3.01. The Bertz CT molecular complexity index is 582. The Hall–Kier alpha value is -2.08. The van der Waals surface area contributed by atoms with E-state index in [4.69, 9.17) is 0 Å².